The minimum absolute atomic E-state index is 0.270. The van der Waals surface area contributed by atoms with Crippen molar-refractivity contribution in [3.8, 4) is 0 Å². The van der Waals surface area contributed by atoms with Gasteiger partial charge in [-0.3, -0.25) is 0 Å². The standard InChI is InChI=1S/C24H22Cl3NO3/c1-2-31-24(30)16-5-10-19(11-6-16)28-22(17-7-12-20(26)21(27)13-17)14-23(29)15-3-8-18(25)9-4-15/h3-13,22-23,28-29H,2,14H2,1H3. The van der Waals surface area contributed by atoms with Gasteiger partial charge in [-0.05, 0) is 66.6 Å². The number of nitrogens with one attached hydrogen (secondary N) is 1. The average molecular weight is 479 g/mol. The van der Waals surface area contributed by atoms with Gasteiger partial charge in [-0.1, -0.05) is 53.0 Å². The predicted molar refractivity (Wildman–Crippen MR) is 126 cm³/mol. The monoisotopic (exact) mass is 477 g/mol. The number of rotatable bonds is 8. The van der Waals surface area contributed by atoms with Crippen LogP contribution in [-0.4, -0.2) is 17.7 Å². The molecule has 0 amide bonds. The Bertz CT molecular complexity index is 1020. The van der Waals surface area contributed by atoms with Crippen LogP contribution in [-0.2, 0) is 4.74 Å². The molecule has 2 unspecified atom stereocenters. The zero-order chi connectivity index (χ0) is 22.4. The Labute approximate surface area is 196 Å². The molecule has 3 aromatic rings. The van der Waals surface area contributed by atoms with Gasteiger partial charge >= 0.3 is 5.97 Å². The Morgan fingerprint density at radius 3 is 2.19 bits per heavy atom. The van der Waals surface area contributed by atoms with Gasteiger partial charge in [0.15, 0.2) is 0 Å². The minimum Gasteiger partial charge on any atom is -0.462 e. The third kappa shape index (κ3) is 6.37. The number of carbonyl (C=O) groups excluding carboxylic acids is 1. The number of aliphatic hydroxyl groups excluding tert-OH is 1. The van der Waals surface area contributed by atoms with Crippen LogP contribution in [0.5, 0.6) is 0 Å². The summed E-state index contributed by atoms with van der Waals surface area (Å²) < 4.78 is 5.02. The fourth-order valence-electron chi connectivity index (χ4n) is 3.17. The van der Waals surface area contributed by atoms with E-state index in [1.165, 1.54) is 0 Å². The summed E-state index contributed by atoms with van der Waals surface area (Å²) in [7, 11) is 0. The number of hydrogen-bond acceptors (Lipinski definition) is 4. The van der Waals surface area contributed by atoms with Crippen LogP contribution in [0.1, 0.15) is 47.0 Å². The SMILES string of the molecule is CCOC(=O)c1ccc(NC(CC(O)c2ccc(Cl)cc2)c2ccc(Cl)c(Cl)c2)cc1. The van der Waals surface area contributed by atoms with Crippen LogP contribution in [0, 0.1) is 0 Å². The van der Waals surface area contributed by atoms with E-state index in [2.05, 4.69) is 5.32 Å². The maximum Gasteiger partial charge on any atom is 0.338 e. The molecule has 0 bridgehead atoms. The zero-order valence-corrected chi connectivity index (χ0v) is 19.1. The number of hydrogen-bond donors (Lipinski definition) is 2. The number of halogens is 3. The highest BCUT2D eigenvalue weighted by Crippen LogP contribution is 2.33. The molecule has 0 aliphatic heterocycles. The summed E-state index contributed by atoms with van der Waals surface area (Å²) >= 11 is 18.3. The lowest BCUT2D eigenvalue weighted by Crippen LogP contribution is -2.15. The van der Waals surface area contributed by atoms with E-state index < -0.39 is 6.10 Å². The van der Waals surface area contributed by atoms with E-state index in [0.717, 1.165) is 16.8 Å². The van der Waals surface area contributed by atoms with Crippen molar-refractivity contribution in [3.05, 3.63) is 98.5 Å². The topological polar surface area (TPSA) is 58.6 Å². The van der Waals surface area contributed by atoms with Crippen LogP contribution in [0.25, 0.3) is 0 Å². The maximum absolute atomic E-state index is 11.9. The highest BCUT2D eigenvalue weighted by atomic mass is 35.5. The van der Waals surface area contributed by atoms with Crippen molar-refractivity contribution >= 4 is 46.5 Å². The molecule has 7 heteroatoms. The van der Waals surface area contributed by atoms with E-state index in [9.17, 15) is 9.90 Å². The molecular weight excluding hydrogens is 457 g/mol. The van der Waals surface area contributed by atoms with Crippen molar-refractivity contribution in [1.82, 2.24) is 0 Å². The van der Waals surface area contributed by atoms with Crippen molar-refractivity contribution in [2.24, 2.45) is 0 Å². The molecule has 0 radical (unpaired) electrons. The molecule has 2 atom stereocenters. The van der Waals surface area contributed by atoms with Crippen LogP contribution in [0.4, 0.5) is 5.69 Å². The second-order valence-corrected chi connectivity index (χ2v) is 8.22. The Morgan fingerprint density at radius 2 is 1.58 bits per heavy atom. The summed E-state index contributed by atoms with van der Waals surface area (Å²) in [6.07, 6.45) is -0.359. The van der Waals surface area contributed by atoms with E-state index >= 15 is 0 Å². The summed E-state index contributed by atoms with van der Waals surface area (Å²) in [5.74, 6) is -0.367. The number of esters is 1. The van der Waals surface area contributed by atoms with Gasteiger partial charge in [0.05, 0.1) is 34.4 Å². The summed E-state index contributed by atoms with van der Waals surface area (Å²) in [5.41, 5.74) is 2.89. The highest BCUT2D eigenvalue weighted by Gasteiger charge is 2.19. The van der Waals surface area contributed by atoms with Gasteiger partial charge in [-0.25, -0.2) is 4.79 Å². The Kier molecular flexibility index (Phi) is 8.22. The molecule has 0 spiro atoms. The van der Waals surface area contributed by atoms with Crippen LogP contribution in [0.15, 0.2) is 66.7 Å². The lowest BCUT2D eigenvalue weighted by molar-refractivity contribution is 0.0526. The normalized spacial score (nSPS) is 12.8. The summed E-state index contributed by atoms with van der Waals surface area (Å²) in [6.45, 7) is 2.09. The van der Waals surface area contributed by atoms with Gasteiger partial charge in [0.1, 0.15) is 0 Å². The fraction of sp³-hybridized carbons (Fsp3) is 0.208. The summed E-state index contributed by atoms with van der Waals surface area (Å²) in [4.78, 5) is 11.9. The Balaban J connectivity index is 1.84. The molecule has 4 nitrogen and oxygen atoms in total. The van der Waals surface area contributed by atoms with Gasteiger partial charge in [-0.15, -0.1) is 0 Å². The van der Waals surface area contributed by atoms with Gasteiger partial charge < -0.3 is 15.2 Å². The van der Waals surface area contributed by atoms with Crippen molar-refractivity contribution in [2.75, 3.05) is 11.9 Å². The number of anilines is 1. The van der Waals surface area contributed by atoms with E-state index in [1.807, 2.05) is 6.07 Å². The van der Waals surface area contributed by atoms with E-state index in [0.29, 0.717) is 33.7 Å². The van der Waals surface area contributed by atoms with Crippen molar-refractivity contribution in [2.45, 2.75) is 25.5 Å². The third-order valence-electron chi connectivity index (χ3n) is 4.80. The van der Waals surface area contributed by atoms with Crippen molar-refractivity contribution in [3.63, 3.8) is 0 Å². The molecule has 0 aliphatic carbocycles. The first-order valence-corrected chi connectivity index (χ1v) is 10.9. The zero-order valence-electron chi connectivity index (χ0n) is 16.8. The second-order valence-electron chi connectivity index (χ2n) is 6.97. The first-order chi connectivity index (χ1) is 14.9. The molecule has 162 valence electrons. The van der Waals surface area contributed by atoms with Gasteiger partial charge in [0, 0.05) is 17.1 Å². The molecular formula is C24H22Cl3NO3. The van der Waals surface area contributed by atoms with Crippen LogP contribution in [0.2, 0.25) is 15.1 Å². The smallest absolute Gasteiger partial charge is 0.338 e. The Hall–Kier alpha value is -2.24. The molecule has 3 rings (SSSR count). The second kappa shape index (κ2) is 10.9. The lowest BCUT2D eigenvalue weighted by Gasteiger charge is -2.24. The molecule has 0 heterocycles. The summed E-state index contributed by atoms with van der Waals surface area (Å²) in [5, 5.41) is 15.7. The molecule has 31 heavy (non-hydrogen) atoms. The van der Waals surface area contributed by atoms with Gasteiger partial charge in [0.2, 0.25) is 0 Å². The average Bonchev–Trinajstić information content (AvgIpc) is 2.76. The highest BCUT2D eigenvalue weighted by molar-refractivity contribution is 6.42. The molecule has 0 saturated carbocycles. The number of carbonyl (C=O) groups is 1. The first-order valence-electron chi connectivity index (χ1n) is 9.79. The molecule has 0 aliphatic rings. The van der Waals surface area contributed by atoms with Crippen molar-refractivity contribution < 1.29 is 14.6 Å². The van der Waals surface area contributed by atoms with E-state index in [4.69, 9.17) is 39.5 Å². The van der Waals surface area contributed by atoms with Crippen LogP contribution in [0.3, 0.4) is 0 Å². The summed E-state index contributed by atoms with van der Waals surface area (Å²) in [6, 6.07) is 19.2. The fourth-order valence-corrected chi connectivity index (χ4v) is 3.60. The molecule has 3 aromatic carbocycles. The van der Waals surface area contributed by atoms with Gasteiger partial charge in [-0.2, -0.15) is 0 Å². The van der Waals surface area contributed by atoms with Crippen LogP contribution >= 0.6 is 34.8 Å². The number of aliphatic hydroxyl groups is 1. The molecule has 2 N–H and O–H groups in total. The Morgan fingerprint density at radius 1 is 0.935 bits per heavy atom. The van der Waals surface area contributed by atoms with E-state index in [1.54, 1.807) is 67.6 Å². The predicted octanol–water partition coefficient (Wildman–Crippen LogP) is 7.10. The quantitative estimate of drug-likeness (QED) is 0.339. The molecule has 0 saturated heterocycles. The molecule has 0 aromatic heterocycles. The number of benzene rings is 3. The van der Waals surface area contributed by atoms with Gasteiger partial charge in [0.25, 0.3) is 0 Å². The third-order valence-corrected chi connectivity index (χ3v) is 5.79. The number of ether oxygens (including phenoxy) is 1. The lowest BCUT2D eigenvalue weighted by atomic mass is 9.96. The van der Waals surface area contributed by atoms with Crippen LogP contribution < -0.4 is 5.32 Å². The van der Waals surface area contributed by atoms with Crippen molar-refractivity contribution in [1.29, 1.82) is 0 Å². The first kappa shape index (κ1) is 23.4. The largest absolute Gasteiger partial charge is 0.462 e. The minimum atomic E-state index is -0.733. The molecule has 0 fully saturated rings. The van der Waals surface area contributed by atoms with E-state index in [-0.39, 0.29) is 12.0 Å². The maximum atomic E-state index is 11.9.